The van der Waals surface area contributed by atoms with E-state index in [1.807, 2.05) is 20.8 Å². The van der Waals surface area contributed by atoms with E-state index in [-0.39, 0.29) is 35.5 Å². The Bertz CT molecular complexity index is 540. The fraction of sp³-hybridized carbons (Fsp3) is 0.462. The number of carboxylic acids is 1. The molecule has 0 aromatic carbocycles. The van der Waals surface area contributed by atoms with Crippen molar-refractivity contribution in [1.29, 1.82) is 0 Å². The maximum Gasteiger partial charge on any atom is 0.337 e. The van der Waals surface area contributed by atoms with Gasteiger partial charge in [0.1, 0.15) is 0 Å². The maximum absolute atomic E-state index is 11.6. The van der Waals surface area contributed by atoms with E-state index in [1.54, 1.807) is 0 Å². The lowest BCUT2D eigenvalue weighted by molar-refractivity contribution is -0.122. The highest BCUT2D eigenvalue weighted by molar-refractivity contribution is 5.87. The Balaban J connectivity index is 2.73. The van der Waals surface area contributed by atoms with Crippen molar-refractivity contribution in [2.24, 2.45) is 0 Å². The summed E-state index contributed by atoms with van der Waals surface area (Å²) in [7, 11) is 0. The molecule has 0 saturated carbocycles. The van der Waals surface area contributed by atoms with Crippen LogP contribution < -0.4 is 10.9 Å². The number of aromatic nitrogens is 1. The summed E-state index contributed by atoms with van der Waals surface area (Å²) in [5.41, 5.74) is -0.630. The van der Waals surface area contributed by atoms with Gasteiger partial charge in [0.05, 0.1) is 5.56 Å². The third-order valence-corrected chi connectivity index (χ3v) is 2.32. The van der Waals surface area contributed by atoms with Gasteiger partial charge in [-0.1, -0.05) is 0 Å². The van der Waals surface area contributed by atoms with Crippen LogP contribution in [0.2, 0.25) is 0 Å². The number of hydrogen-bond acceptors (Lipinski definition) is 3. The van der Waals surface area contributed by atoms with Gasteiger partial charge in [0.2, 0.25) is 5.91 Å². The van der Waals surface area contributed by atoms with Crippen molar-refractivity contribution in [3.63, 3.8) is 0 Å². The van der Waals surface area contributed by atoms with Crippen LogP contribution in [0.25, 0.3) is 0 Å². The lowest BCUT2D eigenvalue weighted by Crippen LogP contribution is -2.41. The molecule has 1 amide bonds. The summed E-state index contributed by atoms with van der Waals surface area (Å²) in [4.78, 5) is 33.9. The molecule has 19 heavy (non-hydrogen) atoms. The zero-order valence-corrected chi connectivity index (χ0v) is 11.3. The lowest BCUT2D eigenvalue weighted by Gasteiger charge is -2.20. The average Bonchev–Trinajstić information content (AvgIpc) is 2.25. The Kier molecular flexibility index (Phi) is 4.47. The molecule has 6 heteroatoms. The summed E-state index contributed by atoms with van der Waals surface area (Å²) in [6.45, 7) is 5.74. The Morgan fingerprint density at radius 2 is 1.95 bits per heavy atom. The predicted octanol–water partition coefficient (Wildman–Crippen LogP) is 0.851. The average molecular weight is 266 g/mol. The third-order valence-electron chi connectivity index (χ3n) is 2.32. The van der Waals surface area contributed by atoms with Crippen molar-refractivity contribution in [1.82, 2.24) is 9.88 Å². The molecule has 6 nitrogen and oxygen atoms in total. The molecule has 1 aromatic rings. The second-order valence-corrected chi connectivity index (χ2v) is 5.30. The molecule has 104 valence electrons. The minimum Gasteiger partial charge on any atom is -0.478 e. The summed E-state index contributed by atoms with van der Waals surface area (Å²) in [5.74, 6) is -1.28. The number of pyridine rings is 1. The van der Waals surface area contributed by atoms with E-state index in [0.717, 1.165) is 0 Å². The van der Waals surface area contributed by atoms with Crippen LogP contribution in [0.15, 0.2) is 23.1 Å². The number of carbonyl (C=O) groups is 2. The summed E-state index contributed by atoms with van der Waals surface area (Å²) in [6.07, 6.45) is 1.37. The first kappa shape index (κ1) is 14.9. The molecule has 0 radical (unpaired) electrons. The van der Waals surface area contributed by atoms with E-state index in [9.17, 15) is 14.4 Å². The van der Waals surface area contributed by atoms with Gasteiger partial charge in [0.15, 0.2) is 0 Å². The molecule has 1 rings (SSSR count). The molecule has 0 saturated heterocycles. The van der Waals surface area contributed by atoms with Crippen molar-refractivity contribution in [3.8, 4) is 0 Å². The van der Waals surface area contributed by atoms with Crippen LogP contribution in [0.5, 0.6) is 0 Å². The summed E-state index contributed by atoms with van der Waals surface area (Å²) >= 11 is 0. The second-order valence-electron chi connectivity index (χ2n) is 5.30. The molecule has 0 aliphatic carbocycles. The number of amides is 1. The van der Waals surface area contributed by atoms with Gasteiger partial charge in [-0.05, 0) is 26.8 Å². The quantitative estimate of drug-likeness (QED) is 0.845. The fourth-order valence-corrected chi connectivity index (χ4v) is 1.54. The van der Waals surface area contributed by atoms with Crippen LogP contribution in [0.3, 0.4) is 0 Å². The SMILES string of the molecule is CC(C)(C)NC(=O)CCn1cc(C(=O)O)ccc1=O. The minimum absolute atomic E-state index is 0.0239. The summed E-state index contributed by atoms with van der Waals surface area (Å²) < 4.78 is 1.23. The van der Waals surface area contributed by atoms with Gasteiger partial charge in [0.25, 0.3) is 5.56 Å². The number of aromatic carboxylic acids is 1. The molecule has 0 atom stereocenters. The largest absolute Gasteiger partial charge is 0.478 e. The fourth-order valence-electron chi connectivity index (χ4n) is 1.54. The second kappa shape index (κ2) is 5.69. The van der Waals surface area contributed by atoms with Crippen LogP contribution in [-0.2, 0) is 11.3 Å². The molecule has 1 heterocycles. The molecule has 0 bridgehead atoms. The first-order valence-electron chi connectivity index (χ1n) is 5.94. The van der Waals surface area contributed by atoms with Crippen molar-refractivity contribution in [2.45, 2.75) is 39.3 Å². The van der Waals surface area contributed by atoms with Crippen LogP contribution in [0.4, 0.5) is 0 Å². The van der Waals surface area contributed by atoms with Gasteiger partial charge >= 0.3 is 5.97 Å². The molecule has 0 aliphatic rings. The third kappa shape index (κ3) is 4.95. The van der Waals surface area contributed by atoms with E-state index in [1.165, 1.54) is 22.9 Å². The van der Waals surface area contributed by atoms with E-state index in [4.69, 9.17) is 5.11 Å². The number of carboxylic acid groups (broad SMARTS) is 1. The van der Waals surface area contributed by atoms with Crippen molar-refractivity contribution >= 4 is 11.9 Å². The summed E-state index contributed by atoms with van der Waals surface area (Å²) in [5, 5.41) is 11.6. The van der Waals surface area contributed by atoms with Crippen molar-refractivity contribution in [3.05, 3.63) is 34.2 Å². The molecule has 0 fully saturated rings. The Morgan fingerprint density at radius 3 is 2.47 bits per heavy atom. The Morgan fingerprint density at radius 1 is 1.32 bits per heavy atom. The molecule has 1 aromatic heterocycles. The number of nitrogens with zero attached hydrogens (tertiary/aromatic N) is 1. The van der Waals surface area contributed by atoms with E-state index >= 15 is 0 Å². The summed E-state index contributed by atoms with van der Waals surface area (Å²) in [6, 6.07) is 2.43. The minimum atomic E-state index is -1.10. The topological polar surface area (TPSA) is 88.4 Å². The molecular weight excluding hydrogens is 248 g/mol. The van der Waals surface area contributed by atoms with Gasteiger partial charge in [0, 0.05) is 30.8 Å². The normalized spacial score (nSPS) is 11.1. The molecule has 2 N–H and O–H groups in total. The van der Waals surface area contributed by atoms with Gasteiger partial charge in [-0.15, -0.1) is 0 Å². The number of hydrogen-bond donors (Lipinski definition) is 2. The standard InChI is InChI=1S/C13H18N2O4/c1-13(2,3)14-10(16)6-7-15-8-9(12(18)19)4-5-11(15)17/h4-5,8H,6-7H2,1-3H3,(H,14,16)(H,18,19). The monoisotopic (exact) mass is 266 g/mol. The molecule has 0 spiro atoms. The van der Waals surface area contributed by atoms with E-state index in [2.05, 4.69) is 5.32 Å². The first-order chi connectivity index (χ1) is 8.69. The van der Waals surface area contributed by atoms with Gasteiger partial charge < -0.3 is 15.0 Å². The first-order valence-corrected chi connectivity index (χ1v) is 5.94. The number of carbonyl (C=O) groups excluding carboxylic acids is 1. The van der Waals surface area contributed by atoms with E-state index in [0.29, 0.717) is 0 Å². The highest BCUT2D eigenvalue weighted by Gasteiger charge is 2.13. The predicted molar refractivity (Wildman–Crippen MR) is 70.2 cm³/mol. The highest BCUT2D eigenvalue weighted by Crippen LogP contribution is 2.01. The smallest absolute Gasteiger partial charge is 0.337 e. The molecular formula is C13H18N2O4. The van der Waals surface area contributed by atoms with Crippen molar-refractivity contribution < 1.29 is 14.7 Å². The maximum atomic E-state index is 11.6. The van der Waals surface area contributed by atoms with Gasteiger partial charge in [-0.3, -0.25) is 9.59 Å². The van der Waals surface area contributed by atoms with Crippen LogP contribution in [0, 0.1) is 0 Å². The van der Waals surface area contributed by atoms with Crippen molar-refractivity contribution in [2.75, 3.05) is 0 Å². The number of aryl methyl sites for hydroxylation is 1. The highest BCUT2D eigenvalue weighted by atomic mass is 16.4. The van der Waals surface area contributed by atoms with Gasteiger partial charge in [-0.2, -0.15) is 0 Å². The van der Waals surface area contributed by atoms with Gasteiger partial charge in [-0.25, -0.2) is 4.79 Å². The van der Waals surface area contributed by atoms with Crippen LogP contribution >= 0.6 is 0 Å². The lowest BCUT2D eigenvalue weighted by atomic mass is 10.1. The Labute approximate surface area is 111 Å². The van der Waals surface area contributed by atoms with Crippen LogP contribution in [0.1, 0.15) is 37.6 Å². The zero-order valence-electron chi connectivity index (χ0n) is 11.3. The number of rotatable bonds is 4. The number of nitrogens with one attached hydrogen (secondary N) is 1. The van der Waals surface area contributed by atoms with E-state index < -0.39 is 5.97 Å². The molecule has 0 aliphatic heterocycles. The van der Waals surface area contributed by atoms with Crippen LogP contribution in [-0.4, -0.2) is 27.1 Å². The molecule has 0 unspecified atom stereocenters. The Hall–Kier alpha value is -2.11. The zero-order chi connectivity index (χ0) is 14.6.